The predicted molar refractivity (Wildman–Crippen MR) is 146 cm³/mol. The number of rotatable bonds is 10. The zero-order valence-corrected chi connectivity index (χ0v) is 22.3. The summed E-state index contributed by atoms with van der Waals surface area (Å²) in [4.78, 5) is 25.4. The van der Waals surface area contributed by atoms with Crippen LogP contribution in [0.4, 0.5) is 11.4 Å². The third-order valence-corrected chi connectivity index (χ3v) is 7.31. The second kappa shape index (κ2) is 12.3. The zero-order chi connectivity index (χ0) is 26.3. The highest BCUT2D eigenvalue weighted by Gasteiger charge is 2.22. The Hall–Kier alpha value is -3.07. The Morgan fingerprint density at radius 3 is 2.28 bits per heavy atom. The van der Waals surface area contributed by atoms with Gasteiger partial charge in [0.25, 0.3) is 11.8 Å². The second-order valence-electron chi connectivity index (χ2n) is 8.15. The van der Waals surface area contributed by atoms with Crippen LogP contribution in [-0.4, -0.2) is 33.0 Å². The van der Waals surface area contributed by atoms with Crippen LogP contribution in [0.5, 0.6) is 0 Å². The minimum absolute atomic E-state index is 0.00155. The molecule has 0 aliphatic carbocycles. The molecule has 0 fully saturated rings. The van der Waals surface area contributed by atoms with Crippen molar-refractivity contribution in [2.75, 3.05) is 22.4 Å². The smallest absolute Gasteiger partial charge is 0.255 e. The fraction of sp³-hybridized carbons (Fsp3) is 0.231. The van der Waals surface area contributed by atoms with Crippen molar-refractivity contribution in [3.63, 3.8) is 0 Å². The van der Waals surface area contributed by atoms with E-state index in [2.05, 4.69) is 10.6 Å². The van der Waals surface area contributed by atoms with E-state index in [1.165, 1.54) is 0 Å². The van der Waals surface area contributed by atoms with E-state index in [1.54, 1.807) is 66.7 Å². The van der Waals surface area contributed by atoms with Crippen molar-refractivity contribution >= 4 is 56.4 Å². The molecule has 3 aromatic carbocycles. The van der Waals surface area contributed by atoms with Gasteiger partial charge in [-0.1, -0.05) is 66.9 Å². The monoisotopic (exact) mass is 547 g/mol. The number of nitrogens with one attached hydrogen (secondary N) is 2. The summed E-state index contributed by atoms with van der Waals surface area (Å²) < 4.78 is 26.1. The van der Waals surface area contributed by atoms with Crippen molar-refractivity contribution in [2.45, 2.75) is 26.3 Å². The molecule has 10 heteroatoms. The van der Waals surface area contributed by atoms with E-state index in [0.717, 1.165) is 23.4 Å². The van der Waals surface area contributed by atoms with Gasteiger partial charge in [0.05, 0.1) is 39.8 Å². The first-order valence-corrected chi connectivity index (χ1v) is 13.9. The molecule has 3 rings (SSSR count). The van der Waals surface area contributed by atoms with Crippen molar-refractivity contribution in [2.24, 2.45) is 0 Å². The van der Waals surface area contributed by atoms with Crippen LogP contribution >= 0.6 is 23.2 Å². The van der Waals surface area contributed by atoms with Gasteiger partial charge in [-0.25, -0.2) is 8.42 Å². The third-order valence-electron chi connectivity index (χ3n) is 5.38. The van der Waals surface area contributed by atoms with Crippen molar-refractivity contribution in [1.29, 1.82) is 0 Å². The van der Waals surface area contributed by atoms with Crippen LogP contribution in [0, 0.1) is 0 Å². The number of benzene rings is 3. The second-order valence-corrected chi connectivity index (χ2v) is 10.8. The number of halogens is 2. The molecule has 0 atom stereocenters. The number of anilines is 2. The van der Waals surface area contributed by atoms with Gasteiger partial charge < -0.3 is 10.6 Å². The molecule has 3 aromatic rings. The van der Waals surface area contributed by atoms with Crippen LogP contribution in [0.3, 0.4) is 0 Å². The summed E-state index contributed by atoms with van der Waals surface area (Å²) in [6.45, 7) is 2.60. The zero-order valence-electron chi connectivity index (χ0n) is 19.9. The lowest BCUT2D eigenvalue weighted by molar-refractivity contribution is 0.0954. The summed E-state index contributed by atoms with van der Waals surface area (Å²) in [5.41, 5.74) is 2.04. The van der Waals surface area contributed by atoms with Gasteiger partial charge in [0.2, 0.25) is 10.0 Å². The van der Waals surface area contributed by atoms with Crippen LogP contribution < -0.4 is 14.9 Å². The molecule has 2 N–H and O–H groups in total. The Bertz CT molecular complexity index is 1350. The minimum Gasteiger partial charge on any atom is -0.352 e. The van der Waals surface area contributed by atoms with E-state index >= 15 is 0 Å². The number of amides is 2. The number of carbonyl (C=O) groups is 2. The Labute approximate surface area is 221 Å². The SMILES string of the molecule is CCCCNC(=O)c1ccccc1NC(=O)c1ccc(CN(c2cccc(Cl)c2Cl)S(C)(=O)=O)cc1. The number of hydrogen-bond donors (Lipinski definition) is 2. The summed E-state index contributed by atoms with van der Waals surface area (Å²) in [5.74, 6) is -0.650. The van der Waals surface area contributed by atoms with Gasteiger partial charge in [0.1, 0.15) is 0 Å². The largest absolute Gasteiger partial charge is 0.352 e. The van der Waals surface area contributed by atoms with Gasteiger partial charge in [0, 0.05) is 12.1 Å². The van der Waals surface area contributed by atoms with Gasteiger partial charge in [-0.15, -0.1) is 0 Å². The van der Waals surface area contributed by atoms with Gasteiger partial charge in [-0.3, -0.25) is 13.9 Å². The van der Waals surface area contributed by atoms with E-state index in [4.69, 9.17) is 23.2 Å². The first-order valence-electron chi connectivity index (χ1n) is 11.3. The quantitative estimate of drug-likeness (QED) is 0.316. The van der Waals surface area contributed by atoms with Gasteiger partial charge in [0.15, 0.2) is 0 Å². The average molecular weight is 548 g/mol. The van der Waals surface area contributed by atoms with Crippen molar-refractivity contribution < 1.29 is 18.0 Å². The Morgan fingerprint density at radius 1 is 0.917 bits per heavy atom. The Morgan fingerprint density at radius 2 is 1.61 bits per heavy atom. The highest BCUT2D eigenvalue weighted by molar-refractivity contribution is 7.92. The first-order chi connectivity index (χ1) is 17.1. The molecule has 0 aromatic heterocycles. The summed E-state index contributed by atoms with van der Waals surface area (Å²) in [6, 6.07) is 18.1. The molecular formula is C26H27Cl2N3O4S. The molecule has 0 unspecified atom stereocenters. The fourth-order valence-electron chi connectivity index (χ4n) is 3.45. The third kappa shape index (κ3) is 7.00. The Kier molecular flexibility index (Phi) is 9.37. The number of para-hydroxylation sites is 1. The molecule has 7 nitrogen and oxygen atoms in total. The summed E-state index contributed by atoms with van der Waals surface area (Å²) in [7, 11) is -3.67. The molecule has 190 valence electrons. The van der Waals surface area contributed by atoms with Gasteiger partial charge in [-0.05, 0) is 48.4 Å². The van der Waals surface area contributed by atoms with Crippen LogP contribution in [0.2, 0.25) is 10.0 Å². The molecule has 0 aliphatic rings. The standard InChI is InChI=1S/C26H27Cl2N3O4S/c1-3-4-16-29-26(33)20-8-5-6-10-22(20)30-25(32)19-14-12-18(13-15-19)17-31(36(2,34)35)23-11-7-9-21(27)24(23)28/h5-15H,3-4,16-17H2,1-2H3,(H,29,33)(H,30,32). The number of hydrogen-bond acceptors (Lipinski definition) is 4. The van der Waals surface area contributed by atoms with Crippen LogP contribution in [-0.2, 0) is 16.6 Å². The van der Waals surface area contributed by atoms with E-state index in [9.17, 15) is 18.0 Å². The molecular weight excluding hydrogens is 521 g/mol. The maximum atomic E-state index is 12.9. The number of nitrogens with zero attached hydrogens (tertiary/aromatic N) is 1. The minimum atomic E-state index is -3.67. The molecule has 2 amide bonds. The fourth-order valence-corrected chi connectivity index (χ4v) is 4.79. The maximum absolute atomic E-state index is 12.9. The van der Waals surface area contributed by atoms with E-state index in [-0.39, 0.29) is 28.2 Å². The lowest BCUT2D eigenvalue weighted by Crippen LogP contribution is -2.29. The summed E-state index contributed by atoms with van der Waals surface area (Å²) >= 11 is 12.3. The lowest BCUT2D eigenvalue weighted by atomic mass is 10.1. The molecule has 0 saturated heterocycles. The first kappa shape index (κ1) is 27.5. The van der Waals surface area contributed by atoms with E-state index < -0.39 is 15.9 Å². The molecule has 0 bridgehead atoms. The number of sulfonamides is 1. The van der Waals surface area contributed by atoms with Crippen molar-refractivity contribution in [3.8, 4) is 0 Å². The number of unbranched alkanes of at least 4 members (excludes halogenated alkanes) is 1. The van der Waals surface area contributed by atoms with Crippen LogP contribution in [0.15, 0.2) is 66.7 Å². The van der Waals surface area contributed by atoms with Gasteiger partial charge in [-0.2, -0.15) is 0 Å². The van der Waals surface area contributed by atoms with Crippen LogP contribution in [0.1, 0.15) is 46.0 Å². The highest BCUT2D eigenvalue weighted by Crippen LogP contribution is 2.34. The molecule has 0 spiro atoms. The summed E-state index contributed by atoms with van der Waals surface area (Å²) in [5, 5.41) is 6.02. The molecule has 36 heavy (non-hydrogen) atoms. The van der Waals surface area contributed by atoms with Crippen LogP contribution in [0.25, 0.3) is 0 Å². The molecule has 0 saturated carbocycles. The molecule has 0 heterocycles. The Balaban J connectivity index is 1.76. The maximum Gasteiger partial charge on any atom is 0.255 e. The predicted octanol–water partition coefficient (Wildman–Crippen LogP) is 5.74. The lowest BCUT2D eigenvalue weighted by Gasteiger charge is -2.24. The van der Waals surface area contributed by atoms with Crippen molar-refractivity contribution in [3.05, 3.63) is 93.5 Å². The normalized spacial score (nSPS) is 11.1. The van der Waals surface area contributed by atoms with E-state index in [0.29, 0.717) is 28.9 Å². The molecule has 0 radical (unpaired) electrons. The molecule has 0 aliphatic heterocycles. The average Bonchev–Trinajstić information content (AvgIpc) is 2.84. The van der Waals surface area contributed by atoms with E-state index in [1.807, 2.05) is 6.92 Å². The van der Waals surface area contributed by atoms with Crippen molar-refractivity contribution in [1.82, 2.24) is 5.32 Å². The van der Waals surface area contributed by atoms with Gasteiger partial charge >= 0.3 is 0 Å². The highest BCUT2D eigenvalue weighted by atomic mass is 35.5. The summed E-state index contributed by atoms with van der Waals surface area (Å²) in [6.07, 6.45) is 2.91. The number of carbonyl (C=O) groups excluding carboxylic acids is 2. The topological polar surface area (TPSA) is 95.6 Å².